The Bertz CT molecular complexity index is 961. The number of thioether (sulfide) groups is 1. The third-order valence-corrected chi connectivity index (χ3v) is 6.04. The Morgan fingerprint density at radius 1 is 1.20 bits per heavy atom. The Morgan fingerprint density at radius 3 is 2.40 bits per heavy atom. The minimum absolute atomic E-state index is 0.0999. The Morgan fingerprint density at radius 2 is 1.83 bits per heavy atom. The predicted octanol–water partition coefficient (Wildman–Crippen LogP) is 6.60. The molecule has 0 saturated carbocycles. The number of ether oxygens (including phenoxy) is 1. The number of nitrogens with one attached hydrogen (secondary N) is 1. The van der Waals surface area contributed by atoms with Crippen LogP contribution in [0.1, 0.15) is 25.5 Å². The minimum atomic E-state index is -1.13. The van der Waals surface area contributed by atoms with E-state index in [1.54, 1.807) is 49.9 Å². The first-order valence-electron chi connectivity index (χ1n) is 8.75. The van der Waals surface area contributed by atoms with Crippen LogP contribution in [0.3, 0.4) is 0 Å². The van der Waals surface area contributed by atoms with E-state index in [0.29, 0.717) is 20.2 Å². The van der Waals surface area contributed by atoms with Crippen LogP contribution in [0.5, 0.6) is 5.75 Å². The number of carboxylic acids is 1. The number of anilines is 1. The van der Waals surface area contributed by atoms with E-state index in [1.165, 1.54) is 6.08 Å². The van der Waals surface area contributed by atoms with E-state index in [2.05, 4.69) is 37.2 Å². The van der Waals surface area contributed by atoms with E-state index in [1.807, 2.05) is 18.4 Å². The van der Waals surface area contributed by atoms with Crippen molar-refractivity contribution in [3.8, 4) is 5.75 Å². The number of aliphatic carboxylic acids is 1. The van der Waals surface area contributed by atoms with Crippen LogP contribution in [0.2, 0.25) is 0 Å². The molecule has 3 N–H and O–H groups in total. The monoisotopic (exact) mass is 557 g/mol. The third kappa shape index (κ3) is 6.52. The number of carboxylic acid groups (broad SMARTS) is 1. The molecule has 160 valence electrons. The molecule has 0 saturated heterocycles. The number of hydrogen-bond donors (Lipinski definition) is 3. The molecule has 6 nitrogen and oxygen atoms in total. The van der Waals surface area contributed by atoms with Gasteiger partial charge in [0.05, 0.1) is 4.47 Å². The highest BCUT2D eigenvalue weighted by Gasteiger charge is 2.35. The van der Waals surface area contributed by atoms with Gasteiger partial charge in [-0.2, -0.15) is 0 Å². The summed E-state index contributed by atoms with van der Waals surface area (Å²) in [5, 5.41) is 22.3. The Kier molecular flexibility index (Phi) is 8.40. The predicted molar refractivity (Wildman–Crippen MR) is 125 cm³/mol. The van der Waals surface area contributed by atoms with Crippen LogP contribution in [0.25, 0.3) is 0 Å². The maximum absolute atomic E-state index is 12.6. The number of carbonyl (C=O) groups excluding carboxylic acids is 1. The number of benzene rings is 2. The standard InChI is InChI=1S/C21H21Br2NO5S/c1-21(2,9-8-17(25)26)19(15-10-12(22)11-16(23)18(15)27)29-20(28)24-13-4-6-14(30-3)7-5-13/h4-11,19,27H,1-3H3,(H,24,28)(H,25,26)/b9-8+/t19-/m1/s1. The van der Waals surface area contributed by atoms with Crippen LogP contribution in [0.15, 0.2) is 62.4 Å². The highest BCUT2D eigenvalue weighted by atomic mass is 79.9. The second-order valence-corrected chi connectivity index (χ2v) is 9.61. The maximum atomic E-state index is 12.6. The molecule has 0 bridgehead atoms. The van der Waals surface area contributed by atoms with E-state index in [-0.39, 0.29) is 5.75 Å². The molecule has 9 heteroatoms. The lowest BCUT2D eigenvalue weighted by Gasteiger charge is -2.32. The average molecular weight is 559 g/mol. The number of phenolic OH excluding ortho intramolecular Hbond substituents is 1. The number of phenols is 1. The van der Waals surface area contributed by atoms with Crippen molar-refractivity contribution in [2.75, 3.05) is 11.6 Å². The normalized spacial score (nSPS) is 12.6. The van der Waals surface area contributed by atoms with Crippen molar-refractivity contribution in [2.45, 2.75) is 24.8 Å². The van der Waals surface area contributed by atoms with Gasteiger partial charge in [0, 0.05) is 32.1 Å². The summed E-state index contributed by atoms with van der Waals surface area (Å²) in [6.45, 7) is 3.43. The van der Waals surface area contributed by atoms with Gasteiger partial charge in [0.1, 0.15) is 11.9 Å². The zero-order valence-electron chi connectivity index (χ0n) is 16.5. The minimum Gasteiger partial charge on any atom is -0.506 e. The van der Waals surface area contributed by atoms with Crippen LogP contribution in [0, 0.1) is 5.41 Å². The van der Waals surface area contributed by atoms with Gasteiger partial charge in [-0.1, -0.05) is 35.9 Å². The van der Waals surface area contributed by atoms with E-state index < -0.39 is 23.6 Å². The molecule has 0 aromatic heterocycles. The summed E-state index contributed by atoms with van der Waals surface area (Å²) in [6, 6.07) is 10.5. The van der Waals surface area contributed by atoms with Gasteiger partial charge in [-0.3, -0.25) is 5.32 Å². The lowest BCUT2D eigenvalue weighted by Crippen LogP contribution is -2.28. The molecule has 0 unspecified atom stereocenters. The highest BCUT2D eigenvalue weighted by molar-refractivity contribution is 9.11. The van der Waals surface area contributed by atoms with Crippen LogP contribution < -0.4 is 5.32 Å². The van der Waals surface area contributed by atoms with Crippen molar-refractivity contribution in [3.63, 3.8) is 0 Å². The summed E-state index contributed by atoms with van der Waals surface area (Å²) in [7, 11) is 0. The van der Waals surface area contributed by atoms with Crippen molar-refractivity contribution >= 4 is 61.4 Å². The summed E-state index contributed by atoms with van der Waals surface area (Å²) in [4.78, 5) is 24.7. The maximum Gasteiger partial charge on any atom is 0.412 e. The van der Waals surface area contributed by atoms with Crippen LogP contribution in [0.4, 0.5) is 10.5 Å². The molecule has 0 aliphatic carbocycles. The average Bonchev–Trinajstić information content (AvgIpc) is 2.68. The van der Waals surface area contributed by atoms with Crippen molar-refractivity contribution in [1.29, 1.82) is 0 Å². The molecule has 30 heavy (non-hydrogen) atoms. The Labute approximate surface area is 196 Å². The Hall–Kier alpha value is -1.97. The summed E-state index contributed by atoms with van der Waals surface area (Å²) in [5.74, 6) is -1.23. The van der Waals surface area contributed by atoms with Gasteiger partial charge in [0.15, 0.2) is 0 Å². The molecular formula is C21H21Br2NO5S. The first-order valence-corrected chi connectivity index (χ1v) is 11.6. The van der Waals surface area contributed by atoms with Gasteiger partial charge in [-0.15, -0.1) is 11.8 Å². The van der Waals surface area contributed by atoms with E-state index in [9.17, 15) is 14.7 Å². The molecule has 0 heterocycles. The van der Waals surface area contributed by atoms with Gasteiger partial charge in [-0.25, -0.2) is 9.59 Å². The quantitative estimate of drug-likeness (QED) is 0.262. The lowest BCUT2D eigenvalue weighted by atomic mass is 9.81. The molecule has 0 radical (unpaired) electrons. The molecule has 1 amide bonds. The SMILES string of the molecule is CSc1ccc(NC(=O)O[C@H](c2cc(Br)cc(Br)c2O)C(C)(C)/C=C/C(=O)O)cc1. The zero-order valence-corrected chi connectivity index (χ0v) is 20.5. The first kappa shape index (κ1) is 24.3. The summed E-state index contributed by atoms with van der Waals surface area (Å²) in [6.07, 6.45) is 2.65. The molecule has 1 atom stereocenters. The molecule has 0 fully saturated rings. The molecule has 2 rings (SSSR count). The van der Waals surface area contributed by atoms with Crippen molar-refractivity contribution in [2.24, 2.45) is 5.41 Å². The molecule has 0 aliphatic heterocycles. The first-order chi connectivity index (χ1) is 14.0. The third-order valence-electron chi connectivity index (χ3n) is 4.23. The van der Waals surface area contributed by atoms with Crippen molar-refractivity contribution in [3.05, 3.63) is 63.1 Å². The molecule has 0 aliphatic rings. The fraction of sp³-hybridized carbons (Fsp3) is 0.238. The molecule has 0 spiro atoms. The van der Waals surface area contributed by atoms with Gasteiger partial charge < -0.3 is 14.9 Å². The zero-order chi connectivity index (χ0) is 22.5. The number of hydrogen-bond acceptors (Lipinski definition) is 5. The fourth-order valence-corrected chi connectivity index (χ4v) is 4.37. The van der Waals surface area contributed by atoms with Crippen molar-refractivity contribution in [1.82, 2.24) is 0 Å². The van der Waals surface area contributed by atoms with Crippen LogP contribution in [-0.2, 0) is 9.53 Å². The second-order valence-electron chi connectivity index (χ2n) is 6.96. The van der Waals surface area contributed by atoms with E-state index in [0.717, 1.165) is 11.0 Å². The number of carbonyl (C=O) groups is 2. The van der Waals surface area contributed by atoms with Gasteiger partial charge in [-0.05, 0) is 58.6 Å². The summed E-state index contributed by atoms with van der Waals surface area (Å²) >= 11 is 8.23. The second kappa shape index (κ2) is 10.4. The largest absolute Gasteiger partial charge is 0.506 e. The highest BCUT2D eigenvalue weighted by Crippen LogP contribution is 2.45. The molecule has 2 aromatic carbocycles. The van der Waals surface area contributed by atoms with E-state index in [4.69, 9.17) is 9.84 Å². The lowest BCUT2D eigenvalue weighted by molar-refractivity contribution is -0.131. The number of rotatable bonds is 7. The summed E-state index contributed by atoms with van der Waals surface area (Å²) < 4.78 is 6.75. The van der Waals surface area contributed by atoms with Crippen molar-refractivity contribution < 1.29 is 24.5 Å². The molecular weight excluding hydrogens is 538 g/mol. The number of amides is 1. The van der Waals surface area contributed by atoms with Gasteiger partial charge in [0.25, 0.3) is 0 Å². The molecule has 2 aromatic rings. The number of halogens is 2. The topological polar surface area (TPSA) is 95.9 Å². The van der Waals surface area contributed by atoms with Crippen LogP contribution in [-0.4, -0.2) is 28.5 Å². The van der Waals surface area contributed by atoms with Gasteiger partial charge >= 0.3 is 12.1 Å². The number of aromatic hydroxyl groups is 1. The summed E-state index contributed by atoms with van der Waals surface area (Å²) in [5.41, 5.74) is -0.0740. The van der Waals surface area contributed by atoms with Gasteiger partial charge in [0.2, 0.25) is 0 Å². The Balaban J connectivity index is 2.38. The van der Waals surface area contributed by atoms with Crippen LogP contribution >= 0.6 is 43.6 Å². The fourth-order valence-electron chi connectivity index (χ4n) is 2.70. The van der Waals surface area contributed by atoms with E-state index >= 15 is 0 Å². The smallest absolute Gasteiger partial charge is 0.412 e.